The first kappa shape index (κ1) is 17.0. The smallest absolute Gasteiger partial charge is 0.238 e. The van der Waals surface area contributed by atoms with Crippen molar-refractivity contribution in [3.05, 3.63) is 54.6 Å². The van der Waals surface area contributed by atoms with Crippen molar-refractivity contribution in [3.8, 4) is 11.5 Å². The van der Waals surface area contributed by atoms with Gasteiger partial charge in [0.25, 0.3) is 0 Å². The summed E-state index contributed by atoms with van der Waals surface area (Å²) in [4.78, 5) is 13.9. The van der Waals surface area contributed by atoms with Crippen LogP contribution in [0.25, 0.3) is 0 Å². The van der Waals surface area contributed by atoms with Crippen molar-refractivity contribution < 1.29 is 9.53 Å². The number of nitrogens with zero attached hydrogens (tertiary/aromatic N) is 1. The van der Waals surface area contributed by atoms with Gasteiger partial charge in [0.1, 0.15) is 11.5 Å². The molecule has 5 heteroatoms. The molecule has 0 unspecified atom stereocenters. The van der Waals surface area contributed by atoms with Crippen LogP contribution in [0.1, 0.15) is 6.42 Å². The number of rotatable bonds is 8. The maximum atomic E-state index is 11.9. The number of anilines is 1. The second-order valence-electron chi connectivity index (χ2n) is 5.37. The number of likely N-dealkylation sites (N-methyl/N-ethyl adjacent to an activating group) is 1. The van der Waals surface area contributed by atoms with Crippen molar-refractivity contribution in [2.75, 3.05) is 32.0 Å². The molecule has 0 spiro atoms. The lowest BCUT2D eigenvalue weighted by Crippen LogP contribution is -2.31. The monoisotopic (exact) mass is 313 g/mol. The largest absolute Gasteiger partial charge is 0.457 e. The molecule has 5 nitrogen and oxygen atoms in total. The summed E-state index contributed by atoms with van der Waals surface area (Å²) in [5.41, 5.74) is 6.21. The Labute approximate surface area is 137 Å². The number of carbonyl (C=O) groups is 1. The Morgan fingerprint density at radius 2 is 1.74 bits per heavy atom. The lowest BCUT2D eigenvalue weighted by molar-refractivity contribution is -0.117. The van der Waals surface area contributed by atoms with Gasteiger partial charge in [-0.05, 0) is 63.0 Å². The van der Waals surface area contributed by atoms with Gasteiger partial charge in [0, 0.05) is 5.69 Å². The Kier molecular flexibility index (Phi) is 6.59. The summed E-state index contributed by atoms with van der Waals surface area (Å²) in [6.07, 6.45) is 0.884. The van der Waals surface area contributed by atoms with E-state index in [-0.39, 0.29) is 5.91 Å². The molecule has 0 aliphatic heterocycles. The van der Waals surface area contributed by atoms with Crippen molar-refractivity contribution >= 4 is 11.6 Å². The van der Waals surface area contributed by atoms with E-state index in [1.807, 2.05) is 66.5 Å². The van der Waals surface area contributed by atoms with Gasteiger partial charge in [-0.15, -0.1) is 0 Å². The second kappa shape index (κ2) is 8.92. The van der Waals surface area contributed by atoms with Gasteiger partial charge in [0.15, 0.2) is 0 Å². The van der Waals surface area contributed by atoms with E-state index >= 15 is 0 Å². The number of nitrogens with two attached hydrogens (primary N) is 1. The van der Waals surface area contributed by atoms with Crippen LogP contribution in [0.4, 0.5) is 5.69 Å². The first-order chi connectivity index (χ1) is 11.2. The molecule has 0 aliphatic carbocycles. The molecular formula is C18H23N3O2. The zero-order valence-electron chi connectivity index (χ0n) is 13.4. The minimum absolute atomic E-state index is 0.0405. The van der Waals surface area contributed by atoms with Crippen LogP contribution in [0.5, 0.6) is 11.5 Å². The molecule has 0 saturated carbocycles. The number of carbonyl (C=O) groups excluding carboxylic acids is 1. The summed E-state index contributed by atoms with van der Waals surface area (Å²) in [5.74, 6) is 1.47. The Hall–Kier alpha value is -2.37. The van der Waals surface area contributed by atoms with Gasteiger partial charge in [-0.2, -0.15) is 0 Å². The van der Waals surface area contributed by atoms with Crippen molar-refractivity contribution in [3.63, 3.8) is 0 Å². The zero-order chi connectivity index (χ0) is 16.5. The number of benzene rings is 2. The molecule has 2 aromatic carbocycles. The maximum Gasteiger partial charge on any atom is 0.238 e. The molecule has 0 atom stereocenters. The van der Waals surface area contributed by atoms with E-state index < -0.39 is 0 Å². The quantitative estimate of drug-likeness (QED) is 0.786. The molecule has 0 radical (unpaired) electrons. The van der Waals surface area contributed by atoms with E-state index in [4.69, 9.17) is 10.5 Å². The Bertz CT molecular complexity index is 599. The molecule has 2 aromatic rings. The number of hydrogen-bond donors (Lipinski definition) is 2. The SMILES string of the molecule is CN(CCCN)CC(=O)Nc1ccc(Oc2ccccc2)cc1. The third-order valence-electron chi connectivity index (χ3n) is 3.27. The van der Waals surface area contributed by atoms with E-state index in [1.165, 1.54) is 0 Å². The van der Waals surface area contributed by atoms with Gasteiger partial charge in [-0.3, -0.25) is 9.69 Å². The highest BCUT2D eigenvalue weighted by atomic mass is 16.5. The van der Waals surface area contributed by atoms with Crippen LogP contribution < -0.4 is 15.8 Å². The predicted molar refractivity (Wildman–Crippen MR) is 92.8 cm³/mol. The van der Waals surface area contributed by atoms with Crippen molar-refractivity contribution in [1.29, 1.82) is 0 Å². The summed E-state index contributed by atoms with van der Waals surface area (Å²) in [7, 11) is 1.91. The van der Waals surface area contributed by atoms with E-state index in [0.717, 1.165) is 30.2 Å². The number of ether oxygens (including phenoxy) is 1. The fraction of sp³-hybridized carbons (Fsp3) is 0.278. The molecule has 0 bridgehead atoms. The van der Waals surface area contributed by atoms with Crippen LogP contribution >= 0.6 is 0 Å². The highest BCUT2D eigenvalue weighted by Gasteiger charge is 2.06. The Morgan fingerprint density at radius 1 is 1.09 bits per heavy atom. The normalized spacial score (nSPS) is 10.6. The number of nitrogens with one attached hydrogen (secondary N) is 1. The third-order valence-corrected chi connectivity index (χ3v) is 3.27. The third kappa shape index (κ3) is 6.10. The fourth-order valence-electron chi connectivity index (χ4n) is 2.12. The van der Waals surface area contributed by atoms with E-state index in [2.05, 4.69) is 5.32 Å². The van der Waals surface area contributed by atoms with Crippen LogP contribution in [0.15, 0.2) is 54.6 Å². The molecule has 3 N–H and O–H groups in total. The second-order valence-corrected chi connectivity index (χ2v) is 5.37. The van der Waals surface area contributed by atoms with Crippen LogP contribution in [0, 0.1) is 0 Å². The Balaban J connectivity index is 1.83. The highest BCUT2D eigenvalue weighted by molar-refractivity contribution is 5.92. The number of hydrogen-bond acceptors (Lipinski definition) is 4. The van der Waals surface area contributed by atoms with Gasteiger partial charge in [0.2, 0.25) is 5.91 Å². The Morgan fingerprint density at radius 3 is 2.39 bits per heavy atom. The molecule has 0 aliphatic rings. The molecule has 23 heavy (non-hydrogen) atoms. The summed E-state index contributed by atoms with van der Waals surface area (Å²) in [5, 5.41) is 2.87. The first-order valence-electron chi connectivity index (χ1n) is 7.69. The highest BCUT2D eigenvalue weighted by Crippen LogP contribution is 2.22. The van der Waals surface area contributed by atoms with Gasteiger partial charge >= 0.3 is 0 Å². The van der Waals surface area contributed by atoms with Crippen LogP contribution in [0.3, 0.4) is 0 Å². The number of amides is 1. The molecule has 0 aromatic heterocycles. The summed E-state index contributed by atoms with van der Waals surface area (Å²) >= 11 is 0. The summed E-state index contributed by atoms with van der Waals surface area (Å²) in [6, 6.07) is 16.9. The molecular weight excluding hydrogens is 290 g/mol. The van der Waals surface area contributed by atoms with Crippen LogP contribution in [-0.2, 0) is 4.79 Å². The van der Waals surface area contributed by atoms with Gasteiger partial charge < -0.3 is 15.8 Å². The lowest BCUT2D eigenvalue weighted by atomic mass is 10.3. The van der Waals surface area contributed by atoms with Crippen molar-refractivity contribution in [2.24, 2.45) is 5.73 Å². The van der Waals surface area contributed by atoms with Crippen molar-refractivity contribution in [1.82, 2.24) is 4.90 Å². The summed E-state index contributed by atoms with van der Waals surface area (Å²) < 4.78 is 5.71. The van der Waals surface area contributed by atoms with E-state index in [0.29, 0.717) is 13.1 Å². The summed E-state index contributed by atoms with van der Waals surface area (Å²) in [6.45, 7) is 1.80. The van der Waals surface area contributed by atoms with Gasteiger partial charge in [-0.25, -0.2) is 0 Å². The molecule has 2 rings (SSSR count). The molecule has 0 heterocycles. The minimum atomic E-state index is -0.0405. The van der Waals surface area contributed by atoms with Crippen molar-refractivity contribution in [2.45, 2.75) is 6.42 Å². The lowest BCUT2D eigenvalue weighted by Gasteiger charge is -2.15. The van der Waals surface area contributed by atoms with Gasteiger partial charge in [-0.1, -0.05) is 18.2 Å². The first-order valence-corrected chi connectivity index (χ1v) is 7.69. The average Bonchev–Trinajstić information content (AvgIpc) is 2.55. The zero-order valence-corrected chi connectivity index (χ0v) is 13.4. The fourth-order valence-corrected chi connectivity index (χ4v) is 2.12. The standard InChI is InChI=1S/C18H23N3O2/c1-21(13-5-12-19)14-18(22)20-15-8-10-17(11-9-15)23-16-6-3-2-4-7-16/h2-4,6-11H,5,12-14,19H2,1H3,(H,20,22). The average molecular weight is 313 g/mol. The van der Waals surface area contributed by atoms with E-state index in [9.17, 15) is 4.79 Å². The minimum Gasteiger partial charge on any atom is -0.457 e. The topological polar surface area (TPSA) is 67.6 Å². The molecule has 122 valence electrons. The maximum absolute atomic E-state index is 11.9. The molecule has 1 amide bonds. The predicted octanol–water partition coefficient (Wildman–Crippen LogP) is 2.70. The number of para-hydroxylation sites is 1. The van der Waals surface area contributed by atoms with E-state index in [1.54, 1.807) is 0 Å². The molecule has 0 fully saturated rings. The van der Waals surface area contributed by atoms with Crippen LogP contribution in [0.2, 0.25) is 0 Å². The molecule has 0 saturated heterocycles. The van der Waals surface area contributed by atoms with Gasteiger partial charge in [0.05, 0.1) is 6.54 Å². The van der Waals surface area contributed by atoms with Crippen LogP contribution in [-0.4, -0.2) is 37.5 Å².